The van der Waals surface area contributed by atoms with Crippen molar-refractivity contribution in [3.05, 3.63) is 90.0 Å². The smallest absolute Gasteiger partial charge is 0.254 e. The predicted octanol–water partition coefficient (Wildman–Crippen LogP) is 5.17. The molecule has 0 heterocycles. The summed E-state index contributed by atoms with van der Waals surface area (Å²) in [5.41, 5.74) is 3.86. The minimum atomic E-state index is 0.0844. The Morgan fingerprint density at radius 3 is 2.26 bits per heavy atom. The lowest BCUT2D eigenvalue weighted by Crippen LogP contribution is -2.32. The van der Waals surface area contributed by atoms with Gasteiger partial charge in [0.15, 0.2) is 0 Å². The summed E-state index contributed by atoms with van der Waals surface area (Å²) in [6.07, 6.45) is 2.17. The number of methoxy groups -OCH3 is 1. The first-order valence-corrected chi connectivity index (χ1v) is 9.34. The molecule has 0 bridgehead atoms. The van der Waals surface area contributed by atoms with E-state index in [0.717, 1.165) is 35.3 Å². The van der Waals surface area contributed by atoms with Crippen LogP contribution in [0, 0.1) is 0 Å². The summed E-state index contributed by atoms with van der Waals surface area (Å²) < 4.78 is 5.53. The van der Waals surface area contributed by atoms with Gasteiger partial charge in [-0.15, -0.1) is 0 Å². The van der Waals surface area contributed by atoms with Crippen LogP contribution in [0.3, 0.4) is 0 Å². The maximum absolute atomic E-state index is 13.3. The van der Waals surface area contributed by atoms with Gasteiger partial charge in [0.1, 0.15) is 5.75 Å². The monoisotopic (exact) mass is 357 g/mol. The number of amides is 1. The van der Waals surface area contributed by atoms with E-state index in [4.69, 9.17) is 4.74 Å². The fourth-order valence-corrected chi connectivity index (χ4v) is 3.38. The van der Waals surface area contributed by atoms with Gasteiger partial charge in [-0.1, -0.05) is 60.7 Å². The Balaban J connectivity index is 1.66. The van der Waals surface area contributed by atoms with Crippen LogP contribution in [0.25, 0.3) is 11.1 Å². The van der Waals surface area contributed by atoms with Gasteiger partial charge in [0.25, 0.3) is 5.91 Å². The van der Waals surface area contributed by atoms with E-state index in [1.54, 1.807) is 7.11 Å². The van der Waals surface area contributed by atoms with Crippen molar-refractivity contribution in [2.24, 2.45) is 0 Å². The molecular weight excluding hydrogens is 334 g/mol. The van der Waals surface area contributed by atoms with Crippen LogP contribution in [0.15, 0.2) is 78.9 Å². The maximum atomic E-state index is 13.3. The molecule has 1 aliphatic carbocycles. The molecule has 3 aromatic rings. The van der Waals surface area contributed by atoms with Crippen molar-refractivity contribution in [1.29, 1.82) is 0 Å². The van der Waals surface area contributed by atoms with Gasteiger partial charge in [0.2, 0.25) is 0 Å². The molecule has 1 fully saturated rings. The Morgan fingerprint density at radius 2 is 1.63 bits per heavy atom. The molecule has 0 unspecified atom stereocenters. The molecule has 1 saturated carbocycles. The molecule has 0 spiro atoms. The minimum absolute atomic E-state index is 0.0844. The van der Waals surface area contributed by atoms with Crippen LogP contribution in [0.1, 0.15) is 28.8 Å². The quantitative estimate of drug-likeness (QED) is 0.609. The Bertz CT molecular complexity index is 918. The molecule has 0 aromatic heterocycles. The van der Waals surface area contributed by atoms with E-state index in [9.17, 15) is 4.79 Å². The average Bonchev–Trinajstić information content (AvgIpc) is 3.57. The first kappa shape index (κ1) is 17.3. The van der Waals surface area contributed by atoms with Crippen LogP contribution in [0.5, 0.6) is 5.75 Å². The first-order valence-electron chi connectivity index (χ1n) is 9.34. The Hall–Kier alpha value is -3.07. The fourth-order valence-electron chi connectivity index (χ4n) is 3.38. The highest BCUT2D eigenvalue weighted by Crippen LogP contribution is 2.34. The third-order valence-electron chi connectivity index (χ3n) is 4.98. The third kappa shape index (κ3) is 3.87. The number of nitrogens with zero attached hydrogens (tertiary/aromatic N) is 1. The van der Waals surface area contributed by atoms with Crippen LogP contribution < -0.4 is 4.74 Å². The van der Waals surface area contributed by atoms with Gasteiger partial charge < -0.3 is 9.64 Å². The largest absolute Gasteiger partial charge is 0.496 e. The lowest BCUT2D eigenvalue weighted by molar-refractivity contribution is 0.0730. The summed E-state index contributed by atoms with van der Waals surface area (Å²) in [6, 6.07) is 26.3. The minimum Gasteiger partial charge on any atom is -0.496 e. The molecule has 0 atom stereocenters. The highest BCUT2D eigenvalue weighted by atomic mass is 16.5. The van der Waals surface area contributed by atoms with Crippen molar-refractivity contribution in [3.63, 3.8) is 0 Å². The van der Waals surface area contributed by atoms with E-state index < -0.39 is 0 Å². The zero-order chi connectivity index (χ0) is 18.6. The highest BCUT2D eigenvalue weighted by molar-refractivity contribution is 5.96. The normalized spacial score (nSPS) is 13.2. The standard InChI is InChI=1S/C24H23NO2/c1-27-23-15-12-20(16-22(23)19-10-6-3-7-11-19)24(26)25(21-13-14-21)17-18-8-4-2-5-9-18/h2-12,15-16,21H,13-14,17H2,1H3. The average molecular weight is 357 g/mol. The molecule has 0 radical (unpaired) electrons. The molecular formula is C24H23NO2. The maximum Gasteiger partial charge on any atom is 0.254 e. The van der Waals surface area contributed by atoms with Crippen LogP contribution in [0.4, 0.5) is 0 Å². The topological polar surface area (TPSA) is 29.5 Å². The van der Waals surface area contributed by atoms with Crippen molar-refractivity contribution in [1.82, 2.24) is 4.90 Å². The number of benzene rings is 3. The number of rotatable bonds is 6. The lowest BCUT2D eigenvalue weighted by atomic mass is 10.0. The van der Waals surface area contributed by atoms with Crippen LogP contribution >= 0.6 is 0 Å². The van der Waals surface area contributed by atoms with Crippen molar-refractivity contribution in [3.8, 4) is 16.9 Å². The van der Waals surface area contributed by atoms with Crippen molar-refractivity contribution < 1.29 is 9.53 Å². The summed E-state index contributed by atoms with van der Waals surface area (Å²) in [4.78, 5) is 15.3. The second kappa shape index (κ2) is 7.67. The first-order chi connectivity index (χ1) is 13.3. The van der Waals surface area contributed by atoms with Gasteiger partial charge in [0, 0.05) is 23.7 Å². The van der Waals surface area contributed by atoms with Crippen molar-refractivity contribution >= 4 is 5.91 Å². The fraction of sp³-hybridized carbons (Fsp3) is 0.208. The number of hydrogen-bond donors (Lipinski definition) is 0. The molecule has 1 aliphatic rings. The van der Waals surface area contributed by atoms with E-state index in [2.05, 4.69) is 12.1 Å². The van der Waals surface area contributed by atoms with E-state index in [1.165, 1.54) is 0 Å². The molecule has 0 saturated heterocycles. The molecule has 3 aromatic carbocycles. The van der Waals surface area contributed by atoms with Crippen molar-refractivity contribution in [2.75, 3.05) is 7.11 Å². The van der Waals surface area contributed by atoms with Gasteiger partial charge >= 0.3 is 0 Å². The van der Waals surface area contributed by atoms with E-state index in [0.29, 0.717) is 18.2 Å². The van der Waals surface area contributed by atoms with Gasteiger partial charge in [-0.2, -0.15) is 0 Å². The molecule has 3 heteroatoms. The summed E-state index contributed by atoms with van der Waals surface area (Å²) >= 11 is 0. The van der Waals surface area contributed by atoms with Gasteiger partial charge in [-0.25, -0.2) is 0 Å². The summed E-state index contributed by atoms with van der Waals surface area (Å²) in [5.74, 6) is 0.861. The molecule has 27 heavy (non-hydrogen) atoms. The molecule has 0 N–H and O–H groups in total. The zero-order valence-corrected chi connectivity index (χ0v) is 15.5. The Labute approximate surface area is 160 Å². The highest BCUT2D eigenvalue weighted by Gasteiger charge is 2.33. The summed E-state index contributed by atoms with van der Waals surface area (Å²) in [6.45, 7) is 0.650. The number of ether oxygens (including phenoxy) is 1. The van der Waals surface area contributed by atoms with E-state index in [-0.39, 0.29) is 5.91 Å². The second-order valence-electron chi connectivity index (χ2n) is 6.93. The zero-order valence-electron chi connectivity index (χ0n) is 15.5. The van der Waals surface area contributed by atoms with Gasteiger partial charge in [-0.05, 0) is 42.2 Å². The molecule has 136 valence electrons. The predicted molar refractivity (Wildman–Crippen MR) is 108 cm³/mol. The molecule has 1 amide bonds. The SMILES string of the molecule is COc1ccc(C(=O)N(Cc2ccccc2)C2CC2)cc1-c1ccccc1. The van der Waals surface area contributed by atoms with Crippen LogP contribution in [-0.2, 0) is 6.54 Å². The molecule has 3 nitrogen and oxygen atoms in total. The number of hydrogen-bond acceptors (Lipinski definition) is 2. The summed E-state index contributed by atoms with van der Waals surface area (Å²) in [5, 5.41) is 0. The lowest BCUT2D eigenvalue weighted by Gasteiger charge is -2.23. The van der Waals surface area contributed by atoms with Crippen LogP contribution in [-0.4, -0.2) is 24.0 Å². The van der Waals surface area contributed by atoms with Crippen molar-refractivity contribution in [2.45, 2.75) is 25.4 Å². The number of carbonyl (C=O) groups is 1. The van der Waals surface area contributed by atoms with Gasteiger partial charge in [0.05, 0.1) is 7.11 Å². The molecule has 0 aliphatic heterocycles. The number of carbonyl (C=O) groups excluding carboxylic acids is 1. The molecule has 4 rings (SSSR count). The summed E-state index contributed by atoms with van der Waals surface area (Å²) in [7, 11) is 1.66. The van der Waals surface area contributed by atoms with Gasteiger partial charge in [-0.3, -0.25) is 4.79 Å². The van der Waals surface area contributed by atoms with E-state index >= 15 is 0 Å². The Kier molecular flexibility index (Phi) is 4.93. The van der Waals surface area contributed by atoms with Crippen LogP contribution in [0.2, 0.25) is 0 Å². The van der Waals surface area contributed by atoms with E-state index in [1.807, 2.05) is 71.6 Å². The second-order valence-corrected chi connectivity index (χ2v) is 6.93. The Morgan fingerprint density at radius 1 is 0.963 bits per heavy atom. The third-order valence-corrected chi connectivity index (χ3v) is 4.98.